The van der Waals surface area contributed by atoms with Crippen LogP contribution < -0.4 is 10.2 Å². The summed E-state index contributed by atoms with van der Waals surface area (Å²) in [6, 6.07) is 17.1. The van der Waals surface area contributed by atoms with Crippen LogP contribution in [0.15, 0.2) is 66.4 Å². The molecule has 0 bridgehead atoms. The molecule has 0 aromatic heterocycles. The number of anilines is 2. The molecule has 1 aliphatic rings. The number of halogens is 1. The predicted molar refractivity (Wildman–Crippen MR) is 121 cm³/mol. The summed E-state index contributed by atoms with van der Waals surface area (Å²) in [5.41, 5.74) is 6.14. The first-order valence-electron chi connectivity index (χ1n) is 10.1. The molecule has 1 heterocycles. The molecule has 0 spiro atoms. The lowest BCUT2D eigenvalue weighted by molar-refractivity contribution is -0.120. The molecular weight excluding hydrogens is 391 g/mol. The van der Waals surface area contributed by atoms with Crippen LogP contribution in [0.5, 0.6) is 0 Å². The van der Waals surface area contributed by atoms with E-state index in [1.807, 2.05) is 64.1 Å². The first-order valence-corrected chi connectivity index (χ1v) is 10.1. The molecule has 0 atom stereocenters. The van der Waals surface area contributed by atoms with Gasteiger partial charge in [0.2, 0.25) is 0 Å². The number of rotatable bonds is 4. The van der Waals surface area contributed by atoms with Gasteiger partial charge >= 0.3 is 0 Å². The molecule has 4 rings (SSSR count). The van der Waals surface area contributed by atoms with Crippen LogP contribution in [0.1, 0.15) is 27.8 Å². The Labute approximate surface area is 181 Å². The monoisotopic (exact) mass is 414 g/mol. The second kappa shape index (κ2) is 7.84. The van der Waals surface area contributed by atoms with Crippen LogP contribution in [0.4, 0.5) is 15.8 Å². The van der Waals surface area contributed by atoms with Crippen LogP contribution >= 0.6 is 0 Å². The average molecular weight is 414 g/mol. The van der Waals surface area contributed by atoms with Gasteiger partial charge < -0.3 is 5.32 Å². The van der Waals surface area contributed by atoms with Gasteiger partial charge in [-0.2, -0.15) is 0 Å². The number of carbonyl (C=O) groups excluding carboxylic acids is 2. The van der Waals surface area contributed by atoms with E-state index in [0.29, 0.717) is 22.5 Å². The van der Waals surface area contributed by atoms with E-state index in [-0.39, 0.29) is 17.4 Å². The third-order valence-electron chi connectivity index (χ3n) is 5.31. The highest BCUT2D eigenvalue weighted by Crippen LogP contribution is 2.35. The van der Waals surface area contributed by atoms with E-state index < -0.39 is 5.91 Å². The highest BCUT2D eigenvalue weighted by atomic mass is 19.1. The Kier molecular flexibility index (Phi) is 5.19. The molecule has 5 heteroatoms. The fourth-order valence-electron chi connectivity index (χ4n) is 3.98. The number of hydrogen-bond acceptors (Lipinski definition) is 3. The molecule has 0 aliphatic carbocycles. The van der Waals surface area contributed by atoms with Gasteiger partial charge in [-0.1, -0.05) is 29.8 Å². The minimum atomic E-state index is -0.436. The fourth-order valence-corrected chi connectivity index (χ4v) is 3.98. The van der Waals surface area contributed by atoms with Gasteiger partial charge in [-0.15, -0.1) is 0 Å². The van der Waals surface area contributed by atoms with Crippen molar-refractivity contribution in [3.8, 4) is 0 Å². The Morgan fingerprint density at radius 3 is 2.00 bits per heavy atom. The normalized spacial score (nSPS) is 13.9. The summed E-state index contributed by atoms with van der Waals surface area (Å²) in [6.45, 7) is 7.75. The molecule has 0 saturated carbocycles. The lowest BCUT2D eigenvalue weighted by atomic mass is 9.97. The van der Waals surface area contributed by atoms with Gasteiger partial charge in [-0.05, 0) is 86.3 Å². The number of benzene rings is 3. The number of imide groups is 1. The second-order valence-corrected chi connectivity index (χ2v) is 7.99. The number of nitrogens with zero attached hydrogens (tertiary/aromatic N) is 1. The maximum Gasteiger partial charge on any atom is 0.282 e. The molecule has 0 fully saturated rings. The molecule has 2 amide bonds. The molecule has 0 radical (unpaired) electrons. The van der Waals surface area contributed by atoms with Crippen molar-refractivity contribution in [3.05, 3.63) is 100.0 Å². The topological polar surface area (TPSA) is 49.4 Å². The first-order chi connectivity index (χ1) is 14.7. The largest absolute Gasteiger partial charge is 0.350 e. The van der Waals surface area contributed by atoms with E-state index in [2.05, 4.69) is 5.32 Å². The molecule has 0 unspecified atom stereocenters. The van der Waals surface area contributed by atoms with Crippen molar-refractivity contribution in [1.82, 2.24) is 0 Å². The Morgan fingerprint density at radius 2 is 1.39 bits per heavy atom. The highest BCUT2D eigenvalue weighted by Gasteiger charge is 2.40. The second-order valence-electron chi connectivity index (χ2n) is 7.99. The van der Waals surface area contributed by atoms with E-state index in [0.717, 1.165) is 22.3 Å². The Balaban J connectivity index is 1.87. The first kappa shape index (κ1) is 20.5. The molecule has 4 nitrogen and oxygen atoms in total. The predicted octanol–water partition coefficient (Wildman–Crippen LogP) is 5.46. The van der Waals surface area contributed by atoms with Crippen LogP contribution in [-0.4, -0.2) is 11.8 Å². The van der Waals surface area contributed by atoms with Gasteiger partial charge in [0, 0.05) is 5.69 Å². The van der Waals surface area contributed by atoms with Gasteiger partial charge in [0.25, 0.3) is 11.8 Å². The summed E-state index contributed by atoms with van der Waals surface area (Å²) in [4.78, 5) is 28.3. The zero-order valence-electron chi connectivity index (χ0n) is 17.9. The van der Waals surface area contributed by atoms with Crippen molar-refractivity contribution in [2.75, 3.05) is 10.2 Å². The van der Waals surface area contributed by atoms with Gasteiger partial charge in [0.15, 0.2) is 0 Å². The lowest BCUT2D eigenvalue weighted by Crippen LogP contribution is -2.32. The SMILES string of the molecule is Cc1cc(C)cc(N2C(=O)C(Nc3ccc(F)cc3)=C(c3ccc(C)cc3C)C2=O)c1. The molecule has 1 N–H and O–H groups in total. The number of nitrogens with one attached hydrogen (secondary N) is 1. The van der Waals surface area contributed by atoms with E-state index in [4.69, 9.17) is 0 Å². The van der Waals surface area contributed by atoms with Crippen molar-refractivity contribution in [1.29, 1.82) is 0 Å². The summed E-state index contributed by atoms with van der Waals surface area (Å²) in [7, 11) is 0. The summed E-state index contributed by atoms with van der Waals surface area (Å²) < 4.78 is 13.4. The van der Waals surface area contributed by atoms with Gasteiger partial charge in [0.05, 0.1) is 11.3 Å². The maximum absolute atomic E-state index is 13.6. The molecule has 0 saturated heterocycles. The Hall–Kier alpha value is -3.73. The third-order valence-corrected chi connectivity index (χ3v) is 5.31. The summed E-state index contributed by atoms with van der Waals surface area (Å²) >= 11 is 0. The molecule has 156 valence electrons. The maximum atomic E-state index is 13.6. The van der Waals surface area contributed by atoms with Crippen molar-refractivity contribution >= 4 is 28.8 Å². The van der Waals surface area contributed by atoms with Crippen molar-refractivity contribution < 1.29 is 14.0 Å². The van der Waals surface area contributed by atoms with E-state index in [9.17, 15) is 14.0 Å². The van der Waals surface area contributed by atoms with Crippen LogP contribution in [0.2, 0.25) is 0 Å². The lowest BCUT2D eigenvalue weighted by Gasteiger charge is -2.17. The number of carbonyl (C=O) groups is 2. The van der Waals surface area contributed by atoms with Gasteiger partial charge in [-0.3, -0.25) is 9.59 Å². The van der Waals surface area contributed by atoms with Gasteiger partial charge in [0.1, 0.15) is 11.5 Å². The standard InChI is InChI=1S/C26H23FN2O2/c1-15-5-10-22(18(4)12-15)23-24(28-20-8-6-19(27)7-9-20)26(31)29(25(23)30)21-13-16(2)11-17(3)14-21/h5-14,28H,1-4H3. The minimum Gasteiger partial charge on any atom is -0.350 e. The highest BCUT2D eigenvalue weighted by molar-refractivity contribution is 6.46. The van der Waals surface area contributed by atoms with Crippen LogP contribution in [0.3, 0.4) is 0 Å². The van der Waals surface area contributed by atoms with Crippen molar-refractivity contribution in [3.63, 3.8) is 0 Å². The van der Waals surface area contributed by atoms with Crippen LogP contribution in [-0.2, 0) is 9.59 Å². The molecule has 31 heavy (non-hydrogen) atoms. The summed E-state index contributed by atoms with van der Waals surface area (Å²) in [5, 5.41) is 3.07. The van der Waals surface area contributed by atoms with Crippen LogP contribution in [0, 0.1) is 33.5 Å². The molecular formula is C26H23FN2O2. The van der Waals surface area contributed by atoms with Gasteiger partial charge in [-0.25, -0.2) is 9.29 Å². The van der Waals surface area contributed by atoms with E-state index in [1.54, 1.807) is 12.1 Å². The smallest absolute Gasteiger partial charge is 0.282 e. The average Bonchev–Trinajstić information content (AvgIpc) is 2.93. The summed E-state index contributed by atoms with van der Waals surface area (Å²) in [5.74, 6) is -1.19. The zero-order chi connectivity index (χ0) is 22.3. The van der Waals surface area contributed by atoms with E-state index in [1.165, 1.54) is 17.0 Å². The van der Waals surface area contributed by atoms with E-state index >= 15 is 0 Å². The number of amides is 2. The summed E-state index contributed by atoms with van der Waals surface area (Å²) in [6.07, 6.45) is 0. The van der Waals surface area contributed by atoms with Crippen LogP contribution in [0.25, 0.3) is 5.57 Å². The quantitative estimate of drug-likeness (QED) is 0.577. The van der Waals surface area contributed by atoms with Crippen molar-refractivity contribution in [2.24, 2.45) is 0 Å². The number of aryl methyl sites for hydroxylation is 4. The third kappa shape index (κ3) is 3.87. The minimum absolute atomic E-state index is 0.183. The molecule has 1 aliphatic heterocycles. The Morgan fingerprint density at radius 1 is 0.742 bits per heavy atom. The van der Waals surface area contributed by atoms with Crippen molar-refractivity contribution in [2.45, 2.75) is 27.7 Å². The number of hydrogen-bond donors (Lipinski definition) is 1. The Bertz CT molecular complexity index is 1220. The fraction of sp³-hybridized carbons (Fsp3) is 0.154. The molecule has 3 aromatic rings. The molecule has 3 aromatic carbocycles. The zero-order valence-corrected chi connectivity index (χ0v) is 17.9.